The van der Waals surface area contributed by atoms with Gasteiger partial charge in [-0.15, -0.1) is 0 Å². The first kappa shape index (κ1) is 19.3. The third-order valence-corrected chi connectivity index (χ3v) is 4.00. The molecule has 3 N–H and O–H groups in total. The Morgan fingerprint density at radius 2 is 2.10 bits per heavy atom. The number of nitrogens with zero attached hydrogens (tertiary/aromatic N) is 3. The van der Waals surface area contributed by atoms with Gasteiger partial charge in [-0.05, 0) is 6.92 Å². The number of anilines is 1. The molecule has 0 spiro atoms. The summed E-state index contributed by atoms with van der Waals surface area (Å²) < 4.78 is 2.11. The SMILES string of the molecule is Cc1ncc(C[n+]2csc(CCO)c2C)c(N)n1.[Cl-].[Cu+2]. The van der Waals surface area contributed by atoms with Crippen LogP contribution in [-0.2, 0) is 30.0 Å². The Labute approximate surface area is 139 Å². The Balaban J connectivity index is 0.00000180. The van der Waals surface area contributed by atoms with Gasteiger partial charge in [0.05, 0.1) is 10.4 Å². The van der Waals surface area contributed by atoms with Crippen molar-refractivity contribution in [1.82, 2.24) is 9.97 Å². The minimum absolute atomic E-state index is 0. The van der Waals surface area contributed by atoms with Gasteiger partial charge < -0.3 is 23.2 Å². The van der Waals surface area contributed by atoms with Gasteiger partial charge in [0.1, 0.15) is 11.6 Å². The van der Waals surface area contributed by atoms with Gasteiger partial charge in [-0.1, -0.05) is 11.3 Å². The van der Waals surface area contributed by atoms with Gasteiger partial charge in [-0.25, -0.2) is 9.97 Å². The molecule has 0 bridgehead atoms. The number of aliphatic hydroxyl groups is 1. The molecule has 0 atom stereocenters. The van der Waals surface area contributed by atoms with E-state index in [-0.39, 0.29) is 36.1 Å². The van der Waals surface area contributed by atoms with E-state index >= 15 is 0 Å². The summed E-state index contributed by atoms with van der Waals surface area (Å²) in [6.07, 6.45) is 2.47. The largest absolute Gasteiger partial charge is 2.00 e. The van der Waals surface area contributed by atoms with E-state index < -0.39 is 0 Å². The minimum atomic E-state index is 0. The summed E-state index contributed by atoms with van der Waals surface area (Å²) in [7, 11) is 0. The van der Waals surface area contributed by atoms with Crippen molar-refractivity contribution in [1.29, 1.82) is 0 Å². The Hall–Kier alpha value is -0.721. The predicted molar refractivity (Wildman–Crippen MR) is 70.3 cm³/mol. The summed E-state index contributed by atoms with van der Waals surface area (Å²) in [6, 6.07) is 0. The molecular weight excluding hydrogens is 347 g/mol. The summed E-state index contributed by atoms with van der Waals surface area (Å²) in [4.78, 5) is 9.53. The van der Waals surface area contributed by atoms with Crippen LogP contribution in [0.25, 0.3) is 0 Å². The number of hydrogen-bond donors (Lipinski definition) is 2. The molecule has 113 valence electrons. The zero-order valence-corrected chi connectivity index (χ0v) is 13.7. The number of thiazole rings is 1. The van der Waals surface area contributed by atoms with Crippen LogP contribution in [0, 0.1) is 13.8 Å². The zero-order chi connectivity index (χ0) is 13.1. The van der Waals surface area contributed by atoms with Gasteiger partial charge in [0.15, 0.2) is 12.2 Å². The van der Waals surface area contributed by atoms with E-state index in [4.69, 9.17) is 10.8 Å². The van der Waals surface area contributed by atoms with E-state index in [9.17, 15) is 0 Å². The number of aliphatic hydroxyl groups excluding tert-OH is 1. The molecule has 2 rings (SSSR count). The minimum Gasteiger partial charge on any atom is -1.00 e. The second-order valence-electron chi connectivity index (χ2n) is 4.16. The number of nitrogens with two attached hydrogens (primary N) is 1. The number of aryl methyl sites for hydroxylation is 1. The van der Waals surface area contributed by atoms with E-state index in [1.807, 2.05) is 19.4 Å². The van der Waals surface area contributed by atoms with Crippen molar-refractivity contribution in [2.45, 2.75) is 26.8 Å². The van der Waals surface area contributed by atoms with Gasteiger partial charge in [-0.3, -0.25) is 0 Å². The maximum Gasteiger partial charge on any atom is 2.00 e. The predicted octanol–water partition coefficient (Wildman–Crippen LogP) is -2.39. The normalized spacial score (nSPS) is 9.75. The Morgan fingerprint density at radius 1 is 1.40 bits per heavy atom. The second-order valence-corrected chi connectivity index (χ2v) is 5.10. The van der Waals surface area contributed by atoms with Crippen LogP contribution >= 0.6 is 11.3 Å². The molecule has 0 aliphatic heterocycles. The smallest absolute Gasteiger partial charge is 1.00 e. The summed E-state index contributed by atoms with van der Waals surface area (Å²) in [5, 5.41) is 8.98. The fourth-order valence-electron chi connectivity index (χ4n) is 1.77. The van der Waals surface area contributed by atoms with Crippen LogP contribution in [-0.4, -0.2) is 21.7 Å². The van der Waals surface area contributed by atoms with Crippen LogP contribution in [0.1, 0.15) is 22.0 Å². The molecule has 2 aromatic rings. The standard InChI is InChI=1S/C12H17N4OS.ClH.Cu/c1-8-11(3-4-17)18-7-16(8)6-10-5-14-9(2)15-12(10)13;;/h5,7,17H,3-4,6H2,1-2H3,(H2,13,14,15);1H;/q+1;;+2/p-1. The summed E-state index contributed by atoms with van der Waals surface area (Å²) in [5.41, 5.74) is 10.0. The van der Waals surface area contributed by atoms with Gasteiger partial charge in [0.25, 0.3) is 0 Å². The van der Waals surface area contributed by atoms with Crippen LogP contribution in [0.2, 0.25) is 0 Å². The first-order valence-electron chi connectivity index (χ1n) is 5.77. The molecule has 2 heterocycles. The molecule has 0 amide bonds. The van der Waals surface area contributed by atoms with E-state index in [1.165, 1.54) is 4.88 Å². The van der Waals surface area contributed by atoms with Crippen molar-refractivity contribution in [2.24, 2.45) is 0 Å². The van der Waals surface area contributed by atoms with E-state index in [0.29, 0.717) is 24.6 Å². The molecule has 0 aromatic carbocycles. The fourth-order valence-corrected chi connectivity index (χ4v) is 2.75. The average molecular weight is 364 g/mol. The van der Waals surface area contributed by atoms with Gasteiger partial charge in [-0.2, -0.15) is 4.57 Å². The number of halogens is 1. The summed E-state index contributed by atoms with van der Waals surface area (Å²) in [5.74, 6) is 1.22. The van der Waals surface area contributed by atoms with Crippen LogP contribution in [0.5, 0.6) is 0 Å². The van der Waals surface area contributed by atoms with Crippen molar-refractivity contribution < 1.29 is 39.1 Å². The van der Waals surface area contributed by atoms with Gasteiger partial charge in [0, 0.05) is 26.1 Å². The summed E-state index contributed by atoms with van der Waals surface area (Å²) in [6.45, 7) is 4.71. The molecule has 5 nitrogen and oxygen atoms in total. The Kier molecular flexibility index (Phi) is 8.23. The molecule has 2 aromatic heterocycles. The van der Waals surface area contributed by atoms with Gasteiger partial charge >= 0.3 is 17.1 Å². The maximum absolute atomic E-state index is 8.98. The number of nitrogen functional groups attached to an aromatic ring is 1. The number of aromatic nitrogens is 3. The zero-order valence-electron chi connectivity index (χ0n) is 11.2. The van der Waals surface area contributed by atoms with Crippen LogP contribution in [0.3, 0.4) is 0 Å². The van der Waals surface area contributed by atoms with Crippen molar-refractivity contribution in [3.05, 3.63) is 33.7 Å². The molecule has 20 heavy (non-hydrogen) atoms. The van der Waals surface area contributed by atoms with E-state index in [1.54, 1.807) is 17.5 Å². The van der Waals surface area contributed by atoms with Crippen LogP contribution < -0.4 is 22.7 Å². The second kappa shape index (κ2) is 8.54. The van der Waals surface area contributed by atoms with Crippen molar-refractivity contribution in [3.8, 4) is 0 Å². The summed E-state index contributed by atoms with van der Waals surface area (Å²) >= 11 is 1.65. The maximum atomic E-state index is 8.98. The van der Waals surface area contributed by atoms with Crippen molar-refractivity contribution in [2.75, 3.05) is 12.3 Å². The molecule has 0 unspecified atom stereocenters. The van der Waals surface area contributed by atoms with Crippen LogP contribution in [0.4, 0.5) is 5.82 Å². The average Bonchev–Trinajstić information content (AvgIpc) is 2.66. The molecule has 0 fully saturated rings. The number of rotatable bonds is 4. The molecule has 8 heteroatoms. The molecule has 0 aliphatic rings. The third-order valence-electron chi connectivity index (χ3n) is 2.85. The Bertz CT molecular complexity index is 564. The molecule has 0 aliphatic carbocycles. The van der Waals surface area contributed by atoms with E-state index in [2.05, 4.69) is 14.5 Å². The fraction of sp³-hybridized carbons (Fsp3) is 0.417. The van der Waals surface area contributed by atoms with Crippen molar-refractivity contribution >= 4 is 17.2 Å². The first-order chi connectivity index (χ1) is 8.61. The molecule has 0 saturated carbocycles. The number of hydrogen-bond acceptors (Lipinski definition) is 5. The molecule has 1 radical (unpaired) electrons. The van der Waals surface area contributed by atoms with Gasteiger partial charge in [0.2, 0.25) is 5.51 Å². The van der Waals surface area contributed by atoms with E-state index in [0.717, 1.165) is 11.3 Å². The monoisotopic (exact) mass is 363 g/mol. The topological polar surface area (TPSA) is 75.9 Å². The molecular formula is C12H17ClCuN4OS+2. The third kappa shape index (κ3) is 4.39. The van der Waals surface area contributed by atoms with Crippen molar-refractivity contribution in [3.63, 3.8) is 0 Å². The first-order valence-corrected chi connectivity index (χ1v) is 6.65. The Morgan fingerprint density at radius 3 is 2.70 bits per heavy atom. The quantitative estimate of drug-likeness (QED) is 0.469. The molecule has 0 saturated heterocycles. The van der Waals surface area contributed by atoms with Crippen LogP contribution in [0.15, 0.2) is 11.7 Å².